The fraction of sp³-hybridized carbons (Fsp3) is 0.625. The summed E-state index contributed by atoms with van der Waals surface area (Å²) in [5.41, 5.74) is 1.08. The number of aryl methyl sites for hydroxylation is 1. The van der Waals surface area contributed by atoms with E-state index in [2.05, 4.69) is 0 Å². The minimum Gasteiger partial charge on any atom is -0.371 e. The molecule has 110 valence electrons. The normalized spacial score (nSPS) is 25.4. The van der Waals surface area contributed by atoms with Crippen LogP contribution in [-0.2, 0) is 14.6 Å². The van der Waals surface area contributed by atoms with Crippen LogP contribution in [0, 0.1) is 6.92 Å². The second-order valence-electron chi connectivity index (χ2n) is 6.26. The van der Waals surface area contributed by atoms with Crippen LogP contribution in [0.5, 0.6) is 0 Å². The molecule has 1 heterocycles. The summed E-state index contributed by atoms with van der Waals surface area (Å²) in [6.07, 6.45) is 6.43. The molecule has 0 amide bonds. The molecule has 0 radical (unpaired) electrons. The molecular formula is C16H22O3S. The molecule has 0 aromatic heterocycles. The number of hydrogen-bond acceptors (Lipinski definition) is 3. The van der Waals surface area contributed by atoms with Crippen molar-refractivity contribution in [2.45, 2.75) is 62.0 Å². The average molecular weight is 294 g/mol. The molecule has 1 atom stereocenters. The highest BCUT2D eigenvalue weighted by Gasteiger charge is 2.43. The molecule has 3 nitrogen and oxygen atoms in total. The van der Waals surface area contributed by atoms with Gasteiger partial charge in [0.05, 0.1) is 22.4 Å². The van der Waals surface area contributed by atoms with Crippen LogP contribution >= 0.6 is 0 Å². The standard InChI is InChI=1S/C16H22O3S/c1-13-4-6-15(7-5-13)20(17,18)12-14-8-11-16(19-14)9-2-3-10-16/h4-7,14H,2-3,8-12H2,1H3. The van der Waals surface area contributed by atoms with E-state index < -0.39 is 9.84 Å². The highest BCUT2D eigenvalue weighted by molar-refractivity contribution is 7.91. The predicted molar refractivity (Wildman–Crippen MR) is 78.5 cm³/mol. The Labute approximate surface area is 121 Å². The summed E-state index contributed by atoms with van der Waals surface area (Å²) >= 11 is 0. The topological polar surface area (TPSA) is 43.4 Å². The maximum absolute atomic E-state index is 12.4. The van der Waals surface area contributed by atoms with Gasteiger partial charge in [0.15, 0.2) is 9.84 Å². The van der Waals surface area contributed by atoms with E-state index in [1.54, 1.807) is 12.1 Å². The Morgan fingerprint density at radius 2 is 1.80 bits per heavy atom. The van der Waals surface area contributed by atoms with Crippen molar-refractivity contribution in [2.75, 3.05) is 5.75 Å². The summed E-state index contributed by atoms with van der Waals surface area (Å²) in [4.78, 5) is 0.416. The summed E-state index contributed by atoms with van der Waals surface area (Å²) in [5.74, 6) is 0.123. The van der Waals surface area contributed by atoms with Gasteiger partial charge >= 0.3 is 0 Å². The summed E-state index contributed by atoms with van der Waals surface area (Å²) < 4.78 is 31.0. The molecular weight excluding hydrogens is 272 g/mol. The summed E-state index contributed by atoms with van der Waals surface area (Å²) in [5, 5.41) is 0. The maximum atomic E-state index is 12.4. The lowest BCUT2D eigenvalue weighted by Crippen LogP contribution is -2.28. The van der Waals surface area contributed by atoms with E-state index in [1.165, 1.54) is 12.8 Å². The Morgan fingerprint density at radius 3 is 2.45 bits per heavy atom. The molecule has 4 heteroatoms. The molecule has 0 bridgehead atoms. The molecule has 1 spiro atoms. The maximum Gasteiger partial charge on any atom is 0.180 e. The predicted octanol–water partition coefficient (Wildman–Crippen LogP) is 3.26. The molecule has 20 heavy (non-hydrogen) atoms. The van der Waals surface area contributed by atoms with Crippen molar-refractivity contribution in [2.24, 2.45) is 0 Å². The third kappa shape index (κ3) is 2.77. The lowest BCUT2D eigenvalue weighted by molar-refractivity contribution is -0.0273. The summed E-state index contributed by atoms with van der Waals surface area (Å²) in [7, 11) is -3.23. The molecule has 1 unspecified atom stereocenters. The van der Waals surface area contributed by atoms with Gasteiger partial charge in [-0.25, -0.2) is 8.42 Å². The molecule has 3 rings (SSSR count). The van der Waals surface area contributed by atoms with E-state index in [0.717, 1.165) is 31.2 Å². The highest BCUT2D eigenvalue weighted by atomic mass is 32.2. The van der Waals surface area contributed by atoms with Crippen LogP contribution in [0.25, 0.3) is 0 Å². The van der Waals surface area contributed by atoms with Gasteiger partial charge < -0.3 is 4.74 Å². The Morgan fingerprint density at radius 1 is 1.15 bits per heavy atom. The number of ether oxygens (including phenoxy) is 1. The van der Waals surface area contributed by atoms with Gasteiger partial charge in [0.2, 0.25) is 0 Å². The largest absolute Gasteiger partial charge is 0.371 e. The van der Waals surface area contributed by atoms with E-state index in [0.29, 0.717) is 4.90 Å². The molecule has 0 N–H and O–H groups in total. The zero-order valence-electron chi connectivity index (χ0n) is 12.0. The molecule has 1 aromatic carbocycles. The second-order valence-corrected chi connectivity index (χ2v) is 8.30. The molecule has 2 aliphatic rings. The number of rotatable bonds is 3. The zero-order chi connectivity index (χ0) is 14.2. The minimum atomic E-state index is -3.23. The Hall–Kier alpha value is -0.870. The number of sulfone groups is 1. The van der Waals surface area contributed by atoms with E-state index in [9.17, 15) is 8.42 Å². The van der Waals surface area contributed by atoms with E-state index in [4.69, 9.17) is 4.74 Å². The van der Waals surface area contributed by atoms with Crippen LogP contribution in [0.2, 0.25) is 0 Å². The van der Waals surface area contributed by atoms with Crippen molar-refractivity contribution < 1.29 is 13.2 Å². The van der Waals surface area contributed by atoms with Crippen molar-refractivity contribution in [3.63, 3.8) is 0 Å². The Balaban J connectivity index is 1.70. The van der Waals surface area contributed by atoms with Crippen molar-refractivity contribution in [1.29, 1.82) is 0 Å². The van der Waals surface area contributed by atoms with Crippen molar-refractivity contribution >= 4 is 9.84 Å². The molecule has 1 saturated carbocycles. The van der Waals surface area contributed by atoms with Gasteiger partial charge in [-0.2, -0.15) is 0 Å². The first-order valence-electron chi connectivity index (χ1n) is 7.46. The van der Waals surface area contributed by atoms with Gasteiger partial charge in [-0.3, -0.25) is 0 Å². The van der Waals surface area contributed by atoms with Crippen LogP contribution in [-0.4, -0.2) is 25.9 Å². The average Bonchev–Trinajstić information content (AvgIpc) is 3.00. The first-order valence-corrected chi connectivity index (χ1v) is 9.12. The second kappa shape index (κ2) is 5.15. The van der Waals surface area contributed by atoms with Crippen molar-refractivity contribution in [3.8, 4) is 0 Å². The van der Waals surface area contributed by atoms with Crippen LogP contribution in [0.4, 0.5) is 0 Å². The number of hydrogen-bond donors (Lipinski definition) is 0. The SMILES string of the molecule is Cc1ccc(S(=O)(=O)CC2CCC3(CCCC3)O2)cc1. The van der Waals surface area contributed by atoms with Gasteiger partial charge in [0.25, 0.3) is 0 Å². The quantitative estimate of drug-likeness (QED) is 0.859. The van der Waals surface area contributed by atoms with E-state index in [-0.39, 0.29) is 17.5 Å². The van der Waals surface area contributed by atoms with E-state index >= 15 is 0 Å². The fourth-order valence-electron chi connectivity index (χ4n) is 3.49. The molecule has 1 saturated heterocycles. The van der Waals surface area contributed by atoms with Crippen LogP contribution in [0.15, 0.2) is 29.2 Å². The van der Waals surface area contributed by atoms with Gasteiger partial charge in [-0.1, -0.05) is 30.5 Å². The lowest BCUT2D eigenvalue weighted by Gasteiger charge is -2.23. The van der Waals surface area contributed by atoms with E-state index in [1.807, 2.05) is 19.1 Å². The fourth-order valence-corrected chi connectivity index (χ4v) is 4.95. The third-order valence-corrected chi connectivity index (χ3v) is 6.44. The zero-order valence-corrected chi connectivity index (χ0v) is 12.8. The van der Waals surface area contributed by atoms with Gasteiger partial charge in [-0.05, 0) is 44.7 Å². The monoisotopic (exact) mass is 294 g/mol. The van der Waals surface area contributed by atoms with Gasteiger partial charge in [0, 0.05) is 0 Å². The lowest BCUT2D eigenvalue weighted by atomic mass is 9.98. The van der Waals surface area contributed by atoms with Crippen LogP contribution in [0.1, 0.15) is 44.1 Å². The smallest absolute Gasteiger partial charge is 0.180 e. The Kier molecular flexibility index (Phi) is 3.63. The molecule has 1 aliphatic carbocycles. The first kappa shape index (κ1) is 14.1. The number of benzene rings is 1. The first-order chi connectivity index (χ1) is 9.49. The van der Waals surface area contributed by atoms with Crippen LogP contribution in [0.3, 0.4) is 0 Å². The summed E-state index contributed by atoms with van der Waals surface area (Å²) in [6, 6.07) is 7.09. The molecule has 2 fully saturated rings. The minimum absolute atomic E-state index is 0.00740. The molecule has 1 aromatic rings. The Bertz CT molecular complexity index is 568. The summed E-state index contributed by atoms with van der Waals surface area (Å²) in [6.45, 7) is 1.96. The van der Waals surface area contributed by atoms with Crippen molar-refractivity contribution in [1.82, 2.24) is 0 Å². The van der Waals surface area contributed by atoms with Gasteiger partial charge in [-0.15, -0.1) is 0 Å². The third-order valence-electron chi connectivity index (χ3n) is 4.64. The molecule has 1 aliphatic heterocycles. The van der Waals surface area contributed by atoms with Crippen LogP contribution < -0.4 is 0 Å². The highest BCUT2D eigenvalue weighted by Crippen LogP contribution is 2.43. The van der Waals surface area contributed by atoms with Gasteiger partial charge in [0.1, 0.15) is 0 Å². The van der Waals surface area contributed by atoms with Crippen molar-refractivity contribution in [3.05, 3.63) is 29.8 Å².